The van der Waals surface area contributed by atoms with Crippen LogP contribution in [0.3, 0.4) is 0 Å². The van der Waals surface area contributed by atoms with Crippen LogP contribution in [0.4, 0.5) is 11.5 Å². The van der Waals surface area contributed by atoms with E-state index in [4.69, 9.17) is 11.0 Å². The first-order chi connectivity index (χ1) is 9.53. The molecule has 102 valence electrons. The Bertz CT molecular complexity index is 749. The number of benzene rings is 1. The van der Waals surface area contributed by atoms with Crippen LogP contribution in [0.15, 0.2) is 47.5 Å². The Hall–Kier alpha value is -2.59. The zero-order chi connectivity index (χ0) is 14.6. The summed E-state index contributed by atoms with van der Waals surface area (Å²) in [7, 11) is -3.74. The minimum Gasteiger partial charge on any atom is -0.396 e. The van der Waals surface area contributed by atoms with Crippen molar-refractivity contribution in [1.82, 2.24) is 4.98 Å². The molecule has 20 heavy (non-hydrogen) atoms. The van der Waals surface area contributed by atoms with E-state index in [1.165, 1.54) is 18.3 Å². The highest BCUT2D eigenvalue weighted by molar-refractivity contribution is 7.92. The number of nitrogen functional groups attached to an aromatic ring is 1. The molecule has 1 aromatic heterocycles. The number of nitrogens with one attached hydrogen (secondary N) is 1. The molecule has 0 spiro atoms. The molecule has 0 bridgehead atoms. The molecule has 6 nitrogen and oxygen atoms in total. The third-order valence-corrected chi connectivity index (χ3v) is 3.94. The fourth-order valence-electron chi connectivity index (χ4n) is 1.57. The average molecular weight is 288 g/mol. The molecule has 0 fully saturated rings. The van der Waals surface area contributed by atoms with Crippen molar-refractivity contribution in [2.75, 3.05) is 10.5 Å². The minimum absolute atomic E-state index is 0.0873. The Kier molecular flexibility index (Phi) is 3.86. The highest BCUT2D eigenvalue weighted by Gasteiger charge is 2.15. The van der Waals surface area contributed by atoms with Crippen molar-refractivity contribution >= 4 is 21.5 Å². The van der Waals surface area contributed by atoms with Gasteiger partial charge in [0.05, 0.1) is 23.1 Å². The molecule has 0 atom stereocenters. The minimum atomic E-state index is -3.74. The predicted octanol–water partition coefficient (Wildman–Crippen LogP) is 1.53. The van der Waals surface area contributed by atoms with E-state index in [1.54, 1.807) is 24.3 Å². The van der Waals surface area contributed by atoms with Crippen molar-refractivity contribution in [3.05, 3.63) is 48.2 Å². The zero-order valence-corrected chi connectivity index (χ0v) is 11.3. The number of anilines is 2. The molecule has 1 heterocycles. The number of hydrogen-bond acceptors (Lipinski definition) is 5. The van der Waals surface area contributed by atoms with E-state index in [0.717, 1.165) is 5.56 Å². The van der Waals surface area contributed by atoms with Crippen molar-refractivity contribution in [2.24, 2.45) is 0 Å². The Morgan fingerprint density at radius 1 is 1.25 bits per heavy atom. The van der Waals surface area contributed by atoms with Gasteiger partial charge in [-0.1, -0.05) is 12.1 Å². The molecule has 0 unspecified atom stereocenters. The second-order valence-electron chi connectivity index (χ2n) is 4.03. The molecule has 1 aromatic carbocycles. The van der Waals surface area contributed by atoms with Gasteiger partial charge in [0.1, 0.15) is 0 Å². The molecule has 0 saturated carbocycles. The van der Waals surface area contributed by atoms with Crippen molar-refractivity contribution < 1.29 is 8.42 Å². The largest absolute Gasteiger partial charge is 0.396 e. The third-order valence-electron chi connectivity index (χ3n) is 2.59. The number of sulfonamides is 1. The zero-order valence-electron chi connectivity index (χ0n) is 10.4. The molecule has 2 rings (SSSR count). The first kappa shape index (κ1) is 13.8. The maximum absolute atomic E-state index is 12.2. The smallest absolute Gasteiger partial charge is 0.263 e. The second-order valence-corrected chi connectivity index (χ2v) is 5.71. The molecule has 7 heteroatoms. The number of rotatable bonds is 4. The van der Waals surface area contributed by atoms with Gasteiger partial charge in [0, 0.05) is 6.20 Å². The Morgan fingerprint density at radius 3 is 2.55 bits per heavy atom. The van der Waals surface area contributed by atoms with Gasteiger partial charge in [-0.05, 0) is 29.8 Å². The maximum Gasteiger partial charge on any atom is 0.263 e. The molecule has 0 saturated heterocycles. The van der Waals surface area contributed by atoms with Gasteiger partial charge in [-0.15, -0.1) is 0 Å². The molecule has 3 N–H and O–H groups in total. The van der Waals surface area contributed by atoms with E-state index in [0.29, 0.717) is 0 Å². The highest BCUT2D eigenvalue weighted by atomic mass is 32.2. The number of pyridine rings is 1. The average Bonchev–Trinajstić information content (AvgIpc) is 2.42. The van der Waals surface area contributed by atoms with Gasteiger partial charge in [-0.25, -0.2) is 13.4 Å². The van der Waals surface area contributed by atoms with Crippen LogP contribution in [0, 0.1) is 11.3 Å². The summed E-state index contributed by atoms with van der Waals surface area (Å²) in [5, 5.41) is 8.57. The lowest BCUT2D eigenvalue weighted by Gasteiger charge is -2.09. The van der Waals surface area contributed by atoms with Crippen LogP contribution < -0.4 is 10.5 Å². The standard InChI is InChI=1S/C13H12N4O2S/c14-8-7-10-3-5-11(6-4-10)20(18,19)17-13-12(15)2-1-9-16-13/h1-6,9H,7,15H2,(H,16,17). The third kappa shape index (κ3) is 3.05. The second kappa shape index (κ2) is 5.59. The molecule has 2 aromatic rings. The van der Waals surface area contributed by atoms with Crippen LogP contribution in [-0.2, 0) is 16.4 Å². The predicted molar refractivity (Wildman–Crippen MR) is 75.2 cm³/mol. The van der Waals surface area contributed by atoms with Crippen LogP contribution in [0.1, 0.15) is 5.56 Å². The maximum atomic E-state index is 12.2. The van der Waals surface area contributed by atoms with Crippen LogP contribution >= 0.6 is 0 Å². The van der Waals surface area contributed by atoms with E-state index in [-0.39, 0.29) is 22.8 Å². The highest BCUT2D eigenvalue weighted by Crippen LogP contribution is 2.19. The van der Waals surface area contributed by atoms with Crippen LogP contribution in [0.2, 0.25) is 0 Å². The van der Waals surface area contributed by atoms with E-state index in [2.05, 4.69) is 9.71 Å². The lowest BCUT2D eigenvalue weighted by molar-refractivity contribution is 0.601. The monoisotopic (exact) mass is 288 g/mol. The van der Waals surface area contributed by atoms with Crippen LogP contribution in [0.25, 0.3) is 0 Å². The SMILES string of the molecule is N#CCc1ccc(S(=O)(=O)Nc2ncccc2N)cc1. The summed E-state index contributed by atoms with van der Waals surface area (Å²) in [6.07, 6.45) is 1.69. The fourth-order valence-corrected chi connectivity index (χ4v) is 2.60. The van der Waals surface area contributed by atoms with E-state index >= 15 is 0 Å². The molecule has 0 aliphatic carbocycles. The number of hydrogen-bond donors (Lipinski definition) is 2. The molecule has 0 aliphatic rings. The van der Waals surface area contributed by atoms with Crippen molar-refractivity contribution in [3.8, 4) is 6.07 Å². The summed E-state index contributed by atoms with van der Waals surface area (Å²) in [4.78, 5) is 3.96. The van der Waals surface area contributed by atoms with Crippen molar-refractivity contribution in [1.29, 1.82) is 5.26 Å². The van der Waals surface area contributed by atoms with Gasteiger partial charge < -0.3 is 5.73 Å². The van der Waals surface area contributed by atoms with E-state index in [1.807, 2.05) is 6.07 Å². The number of nitrogens with two attached hydrogens (primary N) is 1. The van der Waals surface area contributed by atoms with E-state index < -0.39 is 10.0 Å². The fraction of sp³-hybridized carbons (Fsp3) is 0.0769. The van der Waals surface area contributed by atoms with Gasteiger partial charge in [-0.2, -0.15) is 5.26 Å². The molecule has 0 aliphatic heterocycles. The van der Waals surface area contributed by atoms with Gasteiger partial charge in [-0.3, -0.25) is 4.72 Å². The normalized spacial score (nSPS) is 10.8. The number of nitrogens with zero attached hydrogens (tertiary/aromatic N) is 2. The van der Waals surface area contributed by atoms with Gasteiger partial charge in [0.2, 0.25) is 0 Å². The van der Waals surface area contributed by atoms with Crippen LogP contribution in [0.5, 0.6) is 0 Å². The number of nitriles is 1. The van der Waals surface area contributed by atoms with E-state index in [9.17, 15) is 8.42 Å². The van der Waals surface area contributed by atoms with Crippen molar-refractivity contribution in [3.63, 3.8) is 0 Å². The quantitative estimate of drug-likeness (QED) is 0.886. The molecule has 0 amide bonds. The number of aromatic nitrogens is 1. The first-order valence-corrected chi connectivity index (χ1v) is 7.20. The van der Waals surface area contributed by atoms with Gasteiger partial charge in [0.15, 0.2) is 5.82 Å². The van der Waals surface area contributed by atoms with Gasteiger partial charge in [0.25, 0.3) is 10.0 Å². The summed E-state index contributed by atoms with van der Waals surface area (Å²) in [6, 6.07) is 11.2. The summed E-state index contributed by atoms with van der Waals surface area (Å²) in [6.45, 7) is 0. The molecular formula is C13H12N4O2S. The van der Waals surface area contributed by atoms with Crippen LogP contribution in [-0.4, -0.2) is 13.4 Å². The lowest BCUT2D eigenvalue weighted by Crippen LogP contribution is -2.15. The Balaban J connectivity index is 2.27. The first-order valence-electron chi connectivity index (χ1n) is 5.72. The lowest BCUT2D eigenvalue weighted by atomic mass is 10.2. The molecule has 0 radical (unpaired) electrons. The Labute approximate surface area is 116 Å². The summed E-state index contributed by atoms with van der Waals surface area (Å²) in [5.41, 5.74) is 6.64. The Morgan fingerprint density at radius 2 is 1.95 bits per heavy atom. The van der Waals surface area contributed by atoms with Crippen molar-refractivity contribution in [2.45, 2.75) is 11.3 Å². The summed E-state index contributed by atoms with van der Waals surface area (Å²) < 4.78 is 26.6. The molecular weight excluding hydrogens is 276 g/mol. The van der Waals surface area contributed by atoms with Gasteiger partial charge >= 0.3 is 0 Å². The summed E-state index contributed by atoms with van der Waals surface area (Å²) in [5.74, 6) is 0.0913. The summed E-state index contributed by atoms with van der Waals surface area (Å²) >= 11 is 0. The topological polar surface area (TPSA) is 109 Å².